The van der Waals surface area contributed by atoms with Gasteiger partial charge in [0.05, 0.1) is 20.1 Å². The van der Waals surface area contributed by atoms with Crippen molar-refractivity contribution in [3.63, 3.8) is 0 Å². The van der Waals surface area contributed by atoms with Crippen molar-refractivity contribution < 1.29 is 14.3 Å². The highest BCUT2D eigenvalue weighted by atomic mass is 16.5. The Kier molecular flexibility index (Phi) is 6.21. The number of rotatable bonds is 8. The third-order valence-electron chi connectivity index (χ3n) is 4.51. The SMILES string of the molecule is CCc1ccc(NC(=O)[C@H](Cc2ccc(OC)cc2OC)c2nnn[n-]2)cc1. The van der Waals surface area contributed by atoms with Crippen molar-refractivity contribution in [2.75, 3.05) is 19.5 Å². The summed E-state index contributed by atoms with van der Waals surface area (Å²) in [6, 6.07) is 13.2. The van der Waals surface area contributed by atoms with Crippen LogP contribution in [-0.2, 0) is 17.6 Å². The van der Waals surface area contributed by atoms with Crippen molar-refractivity contribution in [3.05, 3.63) is 59.4 Å². The van der Waals surface area contributed by atoms with Crippen molar-refractivity contribution in [2.24, 2.45) is 0 Å². The Bertz CT molecular complexity index is 910. The van der Waals surface area contributed by atoms with Gasteiger partial charge < -0.3 is 19.9 Å². The number of tetrazole rings is 1. The van der Waals surface area contributed by atoms with E-state index in [9.17, 15) is 4.79 Å². The molecule has 8 heteroatoms. The molecule has 2 aromatic carbocycles. The third-order valence-corrected chi connectivity index (χ3v) is 4.51. The highest BCUT2D eigenvalue weighted by Crippen LogP contribution is 2.29. The molecule has 0 unspecified atom stereocenters. The van der Waals surface area contributed by atoms with Crippen LogP contribution >= 0.6 is 0 Å². The normalized spacial score (nSPS) is 11.7. The van der Waals surface area contributed by atoms with Crippen molar-refractivity contribution in [1.29, 1.82) is 0 Å². The zero-order valence-electron chi connectivity index (χ0n) is 16.0. The first-order valence-corrected chi connectivity index (χ1v) is 8.94. The zero-order chi connectivity index (χ0) is 19.9. The molecule has 1 atom stereocenters. The number of carbonyl (C=O) groups excluding carboxylic acids is 1. The van der Waals surface area contributed by atoms with Gasteiger partial charge in [0, 0.05) is 17.6 Å². The number of methoxy groups -OCH3 is 2. The number of nitrogens with one attached hydrogen (secondary N) is 1. The van der Waals surface area contributed by atoms with E-state index in [2.05, 4.69) is 32.9 Å². The van der Waals surface area contributed by atoms with Gasteiger partial charge in [-0.05, 0) is 42.2 Å². The molecule has 1 N–H and O–H groups in total. The maximum atomic E-state index is 13.0. The number of anilines is 1. The van der Waals surface area contributed by atoms with Crippen LogP contribution in [0.4, 0.5) is 5.69 Å². The van der Waals surface area contributed by atoms with Gasteiger partial charge in [0.25, 0.3) is 0 Å². The lowest BCUT2D eigenvalue weighted by molar-refractivity contribution is -0.117. The number of benzene rings is 2. The summed E-state index contributed by atoms with van der Waals surface area (Å²) in [5.74, 6) is 0.656. The number of amides is 1. The third kappa shape index (κ3) is 4.46. The van der Waals surface area contributed by atoms with Gasteiger partial charge in [0.1, 0.15) is 11.5 Å². The summed E-state index contributed by atoms with van der Waals surface area (Å²) in [6.07, 6.45) is 1.27. The Morgan fingerprint density at radius 3 is 2.54 bits per heavy atom. The molecule has 3 aromatic rings. The molecule has 1 aromatic heterocycles. The van der Waals surface area contributed by atoms with E-state index in [1.54, 1.807) is 20.3 Å². The van der Waals surface area contributed by atoms with Crippen molar-refractivity contribution in [3.8, 4) is 11.5 Å². The average Bonchev–Trinajstić information content (AvgIpc) is 3.26. The van der Waals surface area contributed by atoms with Crippen molar-refractivity contribution in [2.45, 2.75) is 25.7 Å². The highest BCUT2D eigenvalue weighted by Gasteiger charge is 2.23. The molecule has 8 nitrogen and oxygen atoms in total. The van der Waals surface area contributed by atoms with Crippen LogP contribution in [0.15, 0.2) is 42.5 Å². The van der Waals surface area contributed by atoms with Crippen LogP contribution < -0.4 is 19.9 Å². The molecule has 0 aliphatic rings. The summed E-state index contributed by atoms with van der Waals surface area (Å²) < 4.78 is 10.7. The number of aromatic nitrogens is 4. The standard InChI is InChI=1S/C20H23N5O3/c1-4-13-5-8-15(9-6-13)21-20(26)17(19-22-24-25-23-19)11-14-7-10-16(27-2)12-18(14)28-3/h5-10,12,17H,4,11H2,1-3H3,(H2,21,22,23,24,25,26)/p-1/t17-/m1/s1. The lowest BCUT2D eigenvalue weighted by Crippen LogP contribution is -2.24. The lowest BCUT2D eigenvalue weighted by atomic mass is 9.96. The molecular formula is C20H22N5O3-. The minimum atomic E-state index is -0.664. The minimum Gasteiger partial charge on any atom is -0.497 e. The van der Waals surface area contributed by atoms with E-state index in [0.717, 1.165) is 12.0 Å². The Hall–Kier alpha value is -3.42. The quantitative estimate of drug-likeness (QED) is 0.640. The highest BCUT2D eigenvalue weighted by molar-refractivity contribution is 5.95. The molecule has 0 saturated carbocycles. The van der Waals surface area contributed by atoms with E-state index in [1.807, 2.05) is 36.4 Å². The van der Waals surface area contributed by atoms with Crippen LogP contribution in [0.5, 0.6) is 11.5 Å². The van der Waals surface area contributed by atoms with Gasteiger partial charge in [-0.1, -0.05) is 25.1 Å². The van der Waals surface area contributed by atoms with E-state index in [1.165, 1.54) is 5.56 Å². The first kappa shape index (κ1) is 19.3. The van der Waals surface area contributed by atoms with Crippen LogP contribution in [0.2, 0.25) is 0 Å². The second kappa shape index (κ2) is 8.98. The van der Waals surface area contributed by atoms with Crippen LogP contribution in [-0.4, -0.2) is 35.7 Å². The topological polar surface area (TPSA) is 100 Å². The van der Waals surface area contributed by atoms with Crippen LogP contribution in [0.1, 0.15) is 29.8 Å². The molecule has 0 aliphatic heterocycles. The summed E-state index contributed by atoms with van der Waals surface area (Å²) in [6.45, 7) is 2.08. The molecule has 0 aliphatic carbocycles. The molecule has 0 bridgehead atoms. The monoisotopic (exact) mass is 380 g/mol. The Morgan fingerprint density at radius 2 is 1.93 bits per heavy atom. The van der Waals surface area contributed by atoms with Gasteiger partial charge in [-0.2, -0.15) is 5.21 Å². The molecule has 0 saturated heterocycles. The van der Waals surface area contributed by atoms with E-state index >= 15 is 0 Å². The molecule has 0 fully saturated rings. The molecular weight excluding hydrogens is 358 g/mol. The fraction of sp³-hybridized carbons (Fsp3) is 0.300. The Balaban J connectivity index is 1.84. The van der Waals surface area contributed by atoms with Crippen LogP contribution in [0, 0.1) is 0 Å². The predicted octanol–water partition coefficient (Wildman–Crippen LogP) is 2.37. The fourth-order valence-corrected chi connectivity index (χ4v) is 2.89. The second-order valence-electron chi connectivity index (χ2n) is 6.21. The number of ether oxygens (including phenoxy) is 2. The zero-order valence-corrected chi connectivity index (χ0v) is 16.0. The van der Waals surface area contributed by atoms with Crippen molar-refractivity contribution >= 4 is 11.6 Å². The molecule has 1 heterocycles. The van der Waals surface area contributed by atoms with Gasteiger partial charge in [0.2, 0.25) is 5.91 Å². The van der Waals surface area contributed by atoms with E-state index < -0.39 is 5.92 Å². The van der Waals surface area contributed by atoms with Crippen molar-refractivity contribution in [1.82, 2.24) is 20.6 Å². The average molecular weight is 380 g/mol. The summed E-state index contributed by atoms with van der Waals surface area (Å²) in [4.78, 5) is 13.0. The maximum Gasteiger partial charge on any atom is 0.232 e. The molecule has 0 spiro atoms. The number of hydrogen-bond acceptors (Lipinski definition) is 6. The molecule has 28 heavy (non-hydrogen) atoms. The lowest BCUT2D eigenvalue weighted by Gasteiger charge is -2.19. The van der Waals surface area contributed by atoms with Gasteiger partial charge in [0.15, 0.2) is 0 Å². The fourth-order valence-electron chi connectivity index (χ4n) is 2.89. The summed E-state index contributed by atoms with van der Waals surface area (Å²) in [5.41, 5.74) is 2.74. The van der Waals surface area contributed by atoms with Gasteiger partial charge in [-0.25, -0.2) is 0 Å². The number of hydrogen-bond donors (Lipinski definition) is 1. The summed E-state index contributed by atoms with van der Waals surface area (Å²) in [5, 5.41) is 17.8. The summed E-state index contributed by atoms with van der Waals surface area (Å²) >= 11 is 0. The minimum absolute atomic E-state index is 0.239. The van der Waals surface area contributed by atoms with Crippen LogP contribution in [0.25, 0.3) is 0 Å². The van der Waals surface area contributed by atoms with Gasteiger partial charge >= 0.3 is 0 Å². The maximum absolute atomic E-state index is 13.0. The smallest absolute Gasteiger partial charge is 0.232 e. The number of aryl methyl sites for hydroxylation is 1. The summed E-state index contributed by atoms with van der Waals surface area (Å²) in [7, 11) is 3.16. The molecule has 146 valence electrons. The second-order valence-corrected chi connectivity index (χ2v) is 6.21. The van der Waals surface area contributed by atoms with E-state index in [0.29, 0.717) is 23.6 Å². The number of carbonyl (C=O) groups is 1. The molecule has 3 rings (SSSR count). The predicted molar refractivity (Wildman–Crippen MR) is 104 cm³/mol. The Morgan fingerprint density at radius 1 is 1.14 bits per heavy atom. The number of nitrogens with zero attached hydrogens (tertiary/aromatic N) is 4. The van der Waals surface area contributed by atoms with Gasteiger partial charge in [-0.15, -0.1) is 0 Å². The molecule has 1 amide bonds. The largest absolute Gasteiger partial charge is 0.497 e. The van der Waals surface area contributed by atoms with Gasteiger partial charge in [-0.3, -0.25) is 15.1 Å². The first-order valence-electron chi connectivity index (χ1n) is 8.94. The Labute approximate surface area is 163 Å². The van der Waals surface area contributed by atoms with Crippen LogP contribution in [0.3, 0.4) is 0 Å². The van der Waals surface area contributed by atoms with E-state index in [4.69, 9.17) is 9.47 Å². The molecule has 0 radical (unpaired) electrons. The first-order chi connectivity index (χ1) is 13.6. The van der Waals surface area contributed by atoms with E-state index in [-0.39, 0.29) is 11.7 Å².